The quantitative estimate of drug-likeness (QED) is 0.772. The summed E-state index contributed by atoms with van der Waals surface area (Å²) in [6.07, 6.45) is 3.93. The van der Waals surface area contributed by atoms with E-state index >= 15 is 0 Å². The largest absolute Gasteiger partial charge is 0.367 e. The Bertz CT molecular complexity index is 845. The van der Waals surface area contributed by atoms with Gasteiger partial charge >= 0.3 is 6.03 Å². The summed E-state index contributed by atoms with van der Waals surface area (Å²) in [5, 5.41) is 3.90. The van der Waals surface area contributed by atoms with Crippen LogP contribution in [0, 0.1) is 0 Å². The van der Waals surface area contributed by atoms with Gasteiger partial charge in [0.25, 0.3) is 0 Å². The van der Waals surface area contributed by atoms with Crippen LogP contribution in [0.5, 0.6) is 0 Å². The van der Waals surface area contributed by atoms with Crippen molar-refractivity contribution in [2.24, 2.45) is 0 Å². The lowest BCUT2D eigenvalue weighted by Gasteiger charge is -2.36. The van der Waals surface area contributed by atoms with Crippen LogP contribution in [0.4, 0.5) is 10.5 Å². The van der Waals surface area contributed by atoms with Crippen LogP contribution in [0.25, 0.3) is 0 Å². The summed E-state index contributed by atoms with van der Waals surface area (Å²) in [6.45, 7) is 6.90. The molecule has 0 saturated carbocycles. The van der Waals surface area contributed by atoms with Crippen molar-refractivity contribution in [2.45, 2.75) is 32.4 Å². The van der Waals surface area contributed by atoms with E-state index in [-0.39, 0.29) is 6.03 Å². The molecule has 2 aliphatic heterocycles. The van der Waals surface area contributed by atoms with Gasteiger partial charge in [-0.15, -0.1) is 0 Å². The van der Waals surface area contributed by atoms with E-state index in [4.69, 9.17) is 11.6 Å². The Hall–Kier alpha value is -2.24. The molecule has 4 rings (SSSR count). The van der Waals surface area contributed by atoms with E-state index in [1.54, 1.807) is 0 Å². The number of rotatable bonds is 5. The highest BCUT2D eigenvalue weighted by atomic mass is 35.5. The van der Waals surface area contributed by atoms with E-state index in [9.17, 15) is 4.79 Å². The van der Waals surface area contributed by atoms with Crippen molar-refractivity contribution in [2.75, 3.05) is 44.2 Å². The third-order valence-corrected chi connectivity index (χ3v) is 6.47. The fraction of sp³-hybridized carbons (Fsp3) is 0.458. The van der Waals surface area contributed by atoms with Gasteiger partial charge in [0.1, 0.15) is 0 Å². The molecule has 2 aromatic rings. The number of piperazine rings is 1. The number of halogens is 1. The number of likely N-dealkylation sites (tertiary alicyclic amines) is 1. The molecule has 0 atom stereocenters. The van der Waals surface area contributed by atoms with Gasteiger partial charge in [0.15, 0.2) is 0 Å². The topological polar surface area (TPSA) is 38.8 Å². The van der Waals surface area contributed by atoms with Gasteiger partial charge in [-0.3, -0.25) is 4.90 Å². The highest BCUT2D eigenvalue weighted by Gasteiger charge is 2.22. The van der Waals surface area contributed by atoms with Gasteiger partial charge in [-0.25, -0.2) is 4.79 Å². The Morgan fingerprint density at radius 3 is 2.23 bits per heavy atom. The number of hydrogen-bond acceptors (Lipinski definition) is 3. The highest BCUT2D eigenvalue weighted by Crippen LogP contribution is 2.26. The number of para-hydroxylation sites is 1. The Morgan fingerprint density at radius 2 is 1.50 bits per heavy atom. The van der Waals surface area contributed by atoms with Gasteiger partial charge in [0.2, 0.25) is 0 Å². The maximum absolute atomic E-state index is 12.7. The standard InChI is InChI=1S/C24H31ClN4O/c25-22-10-4-5-11-23(22)28-14-16-29(17-15-28)24(30)26-18-20-8-2-3-9-21(20)19-27-12-6-1-7-13-27/h2-5,8-11H,1,6-7,12-19H2,(H,26,30). The summed E-state index contributed by atoms with van der Waals surface area (Å²) < 4.78 is 0. The Balaban J connectivity index is 1.29. The second-order valence-corrected chi connectivity index (χ2v) is 8.60. The minimum absolute atomic E-state index is 0.0154. The molecule has 2 aliphatic rings. The van der Waals surface area contributed by atoms with Crippen molar-refractivity contribution in [1.82, 2.24) is 15.1 Å². The first kappa shape index (κ1) is 21.0. The van der Waals surface area contributed by atoms with Crippen LogP contribution in [0.3, 0.4) is 0 Å². The number of piperidine rings is 1. The number of benzene rings is 2. The van der Waals surface area contributed by atoms with Gasteiger partial charge < -0.3 is 15.1 Å². The number of carbonyl (C=O) groups excluding carboxylic acids is 1. The molecule has 0 unspecified atom stereocenters. The van der Waals surface area contributed by atoms with E-state index < -0.39 is 0 Å². The summed E-state index contributed by atoms with van der Waals surface area (Å²) in [7, 11) is 0. The Kier molecular flexibility index (Phi) is 7.13. The molecule has 30 heavy (non-hydrogen) atoms. The van der Waals surface area contributed by atoms with Gasteiger partial charge in [-0.2, -0.15) is 0 Å². The third-order valence-electron chi connectivity index (χ3n) is 6.15. The zero-order valence-corrected chi connectivity index (χ0v) is 18.3. The molecule has 2 saturated heterocycles. The number of urea groups is 1. The molecule has 0 radical (unpaired) electrons. The first-order chi connectivity index (χ1) is 14.7. The SMILES string of the molecule is O=C(NCc1ccccc1CN1CCCCC1)N1CCN(c2ccccc2Cl)CC1. The lowest BCUT2D eigenvalue weighted by Crippen LogP contribution is -2.51. The number of nitrogens with one attached hydrogen (secondary N) is 1. The van der Waals surface area contributed by atoms with Crippen molar-refractivity contribution in [3.63, 3.8) is 0 Å². The predicted molar refractivity (Wildman–Crippen MR) is 123 cm³/mol. The fourth-order valence-corrected chi connectivity index (χ4v) is 4.64. The monoisotopic (exact) mass is 426 g/mol. The summed E-state index contributed by atoms with van der Waals surface area (Å²) in [5.41, 5.74) is 3.58. The molecule has 160 valence electrons. The predicted octanol–water partition coefficient (Wildman–Crippen LogP) is 4.36. The lowest BCUT2D eigenvalue weighted by molar-refractivity contribution is 0.193. The molecule has 6 heteroatoms. The maximum atomic E-state index is 12.7. The lowest BCUT2D eigenvalue weighted by atomic mass is 10.0. The van der Waals surface area contributed by atoms with Crippen molar-refractivity contribution < 1.29 is 4.79 Å². The summed E-state index contributed by atoms with van der Waals surface area (Å²) in [6, 6.07) is 16.4. The number of nitrogens with zero attached hydrogens (tertiary/aromatic N) is 3. The second kappa shape index (κ2) is 10.2. The molecule has 1 N–H and O–H groups in total. The summed E-state index contributed by atoms with van der Waals surface area (Å²) in [4.78, 5) is 19.4. The zero-order valence-electron chi connectivity index (χ0n) is 17.5. The fourth-order valence-electron chi connectivity index (χ4n) is 4.38. The second-order valence-electron chi connectivity index (χ2n) is 8.19. The molecule has 0 spiro atoms. The number of anilines is 1. The molecule has 0 bridgehead atoms. The third kappa shape index (κ3) is 5.27. The van der Waals surface area contributed by atoms with E-state index in [2.05, 4.69) is 39.4 Å². The average Bonchev–Trinajstić information content (AvgIpc) is 2.79. The van der Waals surface area contributed by atoms with E-state index in [0.717, 1.165) is 30.3 Å². The highest BCUT2D eigenvalue weighted by molar-refractivity contribution is 6.33. The molecular formula is C24H31ClN4O. The van der Waals surface area contributed by atoms with Gasteiger partial charge in [-0.1, -0.05) is 54.4 Å². The van der Waals surface area contributed by atoms with Crippen LogP contribution in [-0.2, 0) is 13.1 Å². The molecule has 0 aliphatic carbocycles. The minimum atomic E-state index is 0.0154. The van der Waals surface area contributed by atoms with Crippen molar-refractivity contribution in [3.8, 4) is 0 Å². The average molecular weight is 427 g/mol. The smallest absolute Gasteiger partial charge is 0.317 e. The molecule has 2 fully saturated rings. The van der Waals surface area contributed by atoms with Crippen LogP contribution >= 0.6 is 11.6 Å². The molecule has 2 aromatic carbocycles. The first-order valence-corrected chi connectivity index (χ1v) is 11.4. The minimum Gasteiger partial charge on any atom is -0.367 e. The van der Waals surface area contributed by atoms with E-state index in [0.29, 0.717) is 19.6 Å². The number of carbonyl (C=O) groups is 1. The van der Waals surface area contributed by atoms with E-state index in [1.165, 1.54) is 43.5 Å². The number of amides is 2. The molecule has 2 amide bonds. The maximum Gasteiger partial charge on any atom is 0.317 e. The van der Waals surface area contributed by atoms with Gasteiger partial charge in [0.05, 0.1) is 10.7 Å². The number of hydrogen-bond donors (Lipinski definition) is 1. The Morgan fingerprint density at radius 1 is 0.833 bits per heavy atom. The molecule has 5 nitrogen and oxygen atoms in total. The van der Waals surface area contributed by atoms with Crippen molar-refractivity contribution in [3.05, 3.63) is 64.7 Å². The van der Waals surface area contributed by atoms with E-state index in [1.807, 2.05) is 29.2 Å². The van der Waals surface area contributed by atoms with Crippen LogP contribution in [-0.4, -0.2) is 55.1 Å². The normalized spacial score (nSPS) is 17.8. The zero-order chi connectivity index (χ0) is 20.8. The van der Waals surface area contributed by atoms with Crippen LogP contribution in [0.1, 0.15) is 30.4 Å². The van der Waals surface area contributed by atoms with Crippen LogP contribution < -0.4 is 10.2 Å². The van der Waals surface area contributed by atoms with Crippen LogP contribution in [0.2, 0.25) is 5.02 Å². The van der Waals surface area contributed by atoms with Crippen molar-refractivity contribution >= 4 is 23.3 Å². The Labute approximate surface area is 184 Å². The first-order valence-electron chi connectivity index (χ1n) is 11.0. The summed E-state index contributed by atoms with van der Waals surface area (Å²) >= 11 is 6.32. The van der Waals surface area contributed by atoms with Crippen molar-refractivity contribution in [1.29, 1.82) is 0 Å². The van der Waals surface area contributed by atoms with Gasteiger partial charge in [0, 0.05) is 39.3 Å². The molecular weight excluding hydrogens is 396 g/mol. The summed E-state index contributed by atoms with van der Waals surface area (Å²) in [5.74, 6) is 0. The van der Waals surface area contributed by atoms with Crippen LogP contribution in [0.15, 0.2) is 48.5 Å². The molecule has 2 heterocycles. The van der Waals surface area contributed by atoms with Gasteiger partial charge in [-0.05, 0) is 49.2 Å². The molecule has 0 aromatic heterocycles.